The molecule has 2 aromatic heterocycles. The van der Waals surface area contributed by atoms with Crippen LogP contribution in [-0.2, 0) is 23.9 Å². The van der Waals surface area contributed by atoms with Crippen molar-refractivity contribution in [2.45, 2.75) is 63.5 Å². The standard InChI is InChI=1S/C13H16N2O3.C9H12N2.C4H4O3/c16-12(5-6-13(17)18)15-8-2-4-11(15)10-3-1-7-14-9-10;1-3-8(7-10-5-1)9-4-2-6-11-9;5-3-1-2-4(6)7-3/h1,3,7,9,11H,2,4-6,8H2,(H,17,18);1,3,5,7,9,11H,2,4,6H2;1-2H2. The first-order valence-corrected chi connectivity index (χ1v) is 12.2. The van der Waals surface area contributed by atoms with E-state index in [0.29, 0.717) is 12.6 Å². The van der Waals surface area contributed by atoms with Crippen molar-refractivity contribution in [3.63, 3.8) is 0 Å². The van der Waals surface area contributed by atoms with Crippen molar-refractivity contribution in [2.75, 3.05) is 13.1 Å². The number of cyclic esters (lactones) is 2. The molecule has 0 aromatic carbocycles. The number of hydrogen-bond acceptors (Lipinski definition) is 8. The monoisotopic (exact) mass is 496 g/mol. The Morgan fingerprint density at radius 1 is 0.972 bits per heavy atom. The summed E-state index contributed by atoms with van der Waals surface area (Å²) in [6.07, 6.45) is 12.2. The summed E-state index contributed by atoms with van der Waals surface area (Å²) in [5, 5.41) is 12.0. The fourth-order valence-electron chi connectivity index (χ4n) is 4.33. The molecule has 0 radical (unpaired) electrons. The lowest BCUT2D eigenvalue weighted by molar-refractivity contribution is -0.152. The SMILES string of the molecule is O=C(O)CCC(=O)N1CCCC1c1cccnc1.O=C1CCC(=O)O1.c1cncc(C2CCCN2)c1. The van der Waals surface area contributed by atoms with E-state index in [0.717, 1.165) is 24.9 Å². The number of likely N-dealkylation sites (tertiary alicyclic amines) is 1. The van der Waals surface area contributed by atoms with Gasteiger partial charge in [-0.05, 0) is 55.5 Å². The summed E-state index contributed by atoms with van der Waals surface area (Å²) in [5.41, 5.74) is 2.35. The van der Waals surface area contributed by atoms with Gasteiger partial charge in [-0.15, -0.1) is 0 Å². The van der Waals surface area contributed by atoms with E-state index in [-0.39, 0.29) is 37.6 Å². The van der Waals surface area contributed by atoms with Gasteiger partial charge in [0.25, 0.3) is 0 Å². The molecule has 0 saturated carbocycles. The van der Waals surface area contributed by atoms with E-state index in [1.807, 2.05) is 30.6 Å². The average molecular weight is 497 g/mol. The molecule has 2 aromatic rings. The minimum Gasteiger partial charge on any atom is -0.481 e. The molecule has 3 fully saturated rings. The molecule has 0 bridgehead atoms. The summed E-state index contributed by atoms with van der Waals surface area (Å²) in [7, 11) is 0. The first-order chi connectivity index (χ1) is 17.4. The molecule has 36 heavy (non-hydrogen) atoms. The fraction of sp³-hybridized carbons (Fsp3) is 0.462. The molecular weight excluding hydrogens is 464 g/mol. The molecule has 3 saturated heterocycles. The van der Waals surface area contributed by atoms with Crippen molar-refractivity contribution in [3.8, 4) is 0 Å². The minimum absolute atomic E-state index is 0.0556. The van der Waals surface area contributed by atoms with Crippen LogP contribution in [0.4, 0.5) is 0 Å². The largest absolute Gasteiger partial charge is 0.481 e. The Balaban J connectivity index is 0.000000169. The second kappa shape index (κ2) is 14.0. The molecule has 0 aliphatic carbocycles. The first kappa shape index (κ1) is 26.9. The number of hydrogen-bond donors (Lipinski definition) is 2. The van der Waals surface area contributed by atoms with E-state index in [1.165, 1.54) is 18.4 Å². The number of nitrogens with one attached hydrogen (secondary N) is 1. The van der Waals surface area contributed by atoms with E-state index in [4.69, 9.17) is 5.11 Å². The topological polar surface area (TPSA) is 139 Å². The third-order valence-corrected chi connectivity index (χ3v) is 6.10. The summed E-state index contributed by atoms with van der Waals surface area (Å²) >= 11 is 0. The number of rotatable bonds is 5. The quantitative estimate of drug-likeness (QED) is 0.472. The fourth-order valence-corrected chi connectivity index (χ4v) is 4.33. The van der Waals surface area contributed by atoms with Gasteiger partial charge in [-0.1, -0.05) is 12.1 Å². The molecule has 2 N–H and O–H groups in total. The van der Waals surface area contributed by atoms with Gasteiger partial charge in [-0.25, -0.2) is 0 Å². The Hall–Kier alpha value is -3.66. The van der Waals surface area contributed by atoms with Crippen LogP contribution < -0.4 is 5.32 Å². The van der Waals surface area contributed by atoms with E-state index >= 15 is 0 Å². The number of nitrogens with zero attached hydrogens (tertiary/aromatic N) is 3. The molecule has 2 unspecified atom stereocenters. The van der Waals surface area contributed by atoms with Crippen LogP contribution in [0, 0.1) is 0 Å². The van der Waals surface area contributed by atoms with Crippen molar-refractivity contribution in [1.82, 2.24) is 20.2 Å². The van der Waals surface area contributed by atoms with E-state index in [1.54, 1.807) is 17.3 Å². The molecule has 5 rings (SSSR count). The number of carboxylic acids is 1. The molecule has 1 amide bonds. The van der Waals surface area contributed by atoms with Crippen LogP contribution in [-0.4, -0.2) is 56.9 Å². The van der Waals surface area contributed by atoms with Gasteiger partial charge in [0.05, 0.1) is 25.3 Å². The van der Waals surface area contributed by atoms with Crippen LogP contribution in [0.2, 0.25) is 0 Å². The zero-order chi connectivity index (χ0) is 25.8. The maximum Gasteiger partial charge on any atom is 0.314 e. The Morgan fingerprint density at radius 3 is 2.14 bits per heavy atom. The van der Waals surface area contributed by atoms with Crippen LogP contribution in [0.15, 0.2) is 49.1 Å². The Morgan fingerprint density at radius 2 is 1.64 bits per heavy atom. The predicted molar refractivity (Wildman–Crippen MR) is 129 cm³/mol. The van der Waals surface area contributed by atoms with Crippen LogP contribution in [0.5, 0.6) is 0 Å². The van der Waals surface area contributed by atoms with Crippen molar-refractivity contribution >= 4 is 23.8 Å². The van der Waals surface area contributed by atoms with E-state index in [2.05, 4.69) is 26.1 Å². The average Bonchev–Trinajstić information content (AvgIpc) is 3.67. The summed E-state index contributed by atoms with van der Waals surface area (Å²) in [5.74, 6) is -1.81. The molecule has 2 atom stereocenters. The maximum atomic E-state index is 12.0. The summed E-state index contributed by atoms with van der Waals surface area (Å²) in [6.45, 7) is 1.86. The lowest BCUT2D eigenvalue weighted by Gasteiger charge is -2.24. The molecule has 5 heterocycles. The van der Waals surface area contributed by atoms with Gasteiger partial charge in [-0.3, -0.25) is 29.1 Å². The highest BCUT2D eigenvalue weighted by molar-refractivity contribution is 5.92. The lowest BCUT2D eigenvalue weighted by atomic mass is 10.1. The minimum atomic E-state index is -0.930. The normalized spacial score (nSPS) is 20.6. The van der Waals surface area contributed by atoms with Crippen LogP contribution in [0.3, 0.4) is 0 Å². The van der Waals surface area contributed by atoms with Crippen molar-refractivity contribution in [3.05, 3.63) is 60.2 Å². The number of esters is 2. The van der Waals surface area contributed by atoms with Crippen LogP contribution in [0.1, 0.15) is 74.6 Å². The second-order valence-corrected chi connectivity index (χ2v) is 8.71. The number of ether oxygens (including phenoxy) is 1. The highest BCUT2D eigenvalue weighted by Crippen LogP contribution is 2.32. The molecule has 3 aliphatic rings. The number of pyridine rings is 2. The molecule has 0 spiro atoms. The third-order valence-electron chi connectivity index (χ3n) is 6.10. The Bertz CT molecular complexity index is 998. The highest BCUT2D eigenvalue weighted by atomic mass is 16.6. The van der Waals surface area contributed by atoms with Gasteiger partial charge in [0.2, 0.25) is 5.91 Å². The number of amides is 1. The lowest BCUT2D eigenvalue weighted by Crippen LogP contribution is -2.30. The van der Waals surface area contributed by atoms with E-state index in [9.17, 15) is 19.2 Å². The van der Waals surface area contributed by atoms with Gasteiger partial charge >= 0.3 is 17.9 Å². The molecular formula is C26H32N4O6. The highest BCUT2D eigenvalue weighted by Gasteiger charge is 2.29. The van der Waals surface area contributed by atoms with Gasteiger partial charge in [0.15, 0.2) is 0 Å². The maximum absolute atomic E-state index is 12.0. The number of carboxylic acid groups (broad SMARTS) is 1. The van der Waals surface area contributed by atoms with Crippen LogP contribution in [0.25, 0.3) is 0 Å². The smallest absolute Gasteiger partial charge is 0.314 e. The molecule has 10 heteroatoms. The number of aliphatic carboxylic acids is 1. The van der Waals surface area contributed by atoms with Gasteiger partial charge < -0.3 is 20.1 Å². The molecule has 192 valence electrons. The van der Waals surface area contributed by atoms with Crippen molar-refractivity contribution in [2.24, 2.45) is 0 Å². The summed E-state index contributed by atoms with van der Waals surface area (Å²) < 4.78 is 4.08. The van der Waals surface area contributed by atoms with Crippen molar-refractivity contribution < 1.29 is 29.0 Å². The van der Waals surface area contributed by atoms with Gasteiger partial charge in [0, 0.05) is 43.8 Å². The van der Waals surface area contributed by atoms with Gasteiger partial charge in [0.1, 0.15) is 0 Å². The number of carbonyl (C=O) groups excluding carboxylic acids is 3. The number of aromatic nitrogens is 2. The zero-order valence-electron chi connectivity index (χ0n) is 20.2. The second-order valence-electron chi connectivity index (χ2n) is 8.71. The van der Waals surface area contributed by atoms with Crippen LogP contribution >= 0.6 is 0 Å². The first-order valence-electron chi connectivity index (χ1n) is 12.2. The Labute approximate surface area is 210 Å². The van der Waals surface area contributed by atoms with Crippen molar-refractivity contribution in [1.29, 1.82) is 0 Å². The predicted octanol–water partition coefficient (Wildman–Crippen LogP) is 2.97. The zero-order valence-corrected chi connectivity index (χ0v) is 20.2. The summed E-state index contributed by atoms with van der Waals surface area (Å²) in [6, 6.07) is 8.56. The molecule has 3 aliphatic heterocycles. The Kier molecular flexibility index (Phi) is 10.5. The molecule has 10 nitrogen and oxygen atoms in total. The summed E-state index contributed by atoms with van der Waals surface area (Å²) in [4.78, 5) is 52.4. The third kappa shape index (κ3) is 8.53. The number of carbonyl (C=O) groups is 4. The van der Waals surface area contributed by atoms with Gasteiger partial charge in [-0.2, -0.15) is 0 Å². The van der Waals surface area contributed by atoms with E-state index < -0.39 is 17.9 Å².